The van der Waals surface area contributed by atoms with E-state index in [0.717, 1.165) is 26.2 Å². The highest BCUT2D eigenvalue weighted by atomic mass is 16.5. The van der Waals surface area contributed by atoms with Crippen LogP contribution in [0.5, 0.6) is 0 Å². The van der Waals surface area contributed by atoms with E-state index in [1.54, 1.807) is 4.90 Å². The lowest BCUT2D eigenvalue weighted by molar-refractivity contribution is -0.130. The Kier molecular flexibility index (Phi) is 5.77. The number of carbonyl (C=O) groups excluding carboxylic acids is 1. The van der Waals surface area contributed by atoms with Crippen molar-refractivity contribution in [1.29, 1.82) is 0 Å². The van der Waals surface area contributed by atoms with Crippen LogP contribution >= 0.6 is 0 Å². The summed E-state index contributed by atoms with van der Waals surface area (Å²) in [6.07, 6.45) is 2.28. The molecule has 94 valence electrons. The molecule has 4 heteroatoms. The zero-order valence-corrected chi connectivity index (χ0v) is 10.7. The first-order chi connectivity index (χ1) is 7.61. The van der Waals surface area contributed by atoms with Gasteiger partial charge in [0.2, 0.25) is 5.91 Å². The van der Waals surface area contributed by atoms with Gasteiger partial charge in [0.15, 0.2) is 0 Å². The van der Waals surface area contributed by atoms with Gasteiger partial charge in [0.1, 0.15) is 0 Å². The van der Waals surface area contributed by atoms with Crippen LogP contribution in [-0.4, -0.2) is 50.2 Å². The van der Waals surface area contributed by atoms with E-state index in [9.17, 15) is 4.79 Å². The molecule has 0 radical (unpaired) electrons. The maximum absolute atomic E-state index is 11.6. The summed E-state index contributed by atoms with van der Waals surface area (Å²) in [7, 11) is 1.85. The predicted molar refractivity (Wildman–Crippen MR) is 64.3 cm³/mol. The summed E-state index contributed by atoms with van der Waals surface area (Å²) in [5, 5.41) is 3.20. The number of amides is 1. The Morgan fingerprint density at radius 1 is 1.56 bits per heavy atom. The molecular weight excluding hydrogens is 204 g/mol. The quantitative estimate of drug-likeness (QED) is 0.686. The minimum absolute atomic E-state index is 0.165. The Morgan fingerprint density at radius 2 is 2.31 bits per heavy atom. The van der Waals surface area contributed by atoms with Crippen LogP contribution in [0.3, 0.4) is 0 Å². The summed E-state index contributed by atoms with van der Waals surface area (Å²) in [5.74, 6) is 0.850. The topological polar surface area (TPSA) is 41.6 Å². The summed E-state index contributed by atoms with van der Waals surface area (Å²) in [6, 6.07) is 0.275. The molecule has 0 aromatic heterocycles. The van der Waals surface area contributed by atoms with Crippen molar-refractivity contribution in [1.82, 2.24) is 10.2 Å². The molecule has 0 spiro atoms. The minimum atomic E-state index is 0.165. The zero-order chi connectivity index (χ0) is 12.0. The fraction of sp³-hybridized carbons (Fsp3) is 0.917. The highest BCUT2D eigenvalue weighted by Crippen LogP contribution is 2.14. The van der Waals surface area contributed by atoms with Gasteiger partial charge in [-0.1, -0.05) is 0 Å². The maximum atomic E-state index is 11.6. The van der Waals surface area contributed by atoms with E-state index < -0.39 is 0 Å². The standard InChI is InChI=1S/C12H24N2O2/c1-10(2)14(3)12(15)8-13-6-4-11-5-7-16-9-11/h10-11,13H,4-9H2,1-3H3. The first-order valence-corrected chi connectivity index (χ1v) is 6.15. The third-order valence-corrected chi connectivity index (χ3v) is 3.20. The van der Waals surface area contributed by atoms with E-state index in [-0.39, 0.29) is 11.9 Å². The lowest BCUT2D eigenvalue weighted by Gasteiger charge is -2.21. The zero-order valence-electron chi connectivity index (χ0n) is 10.7. The molecule has 1 aliphatic heterocycles. The third kappa shape index (κ3) is 4.49. The lowest BCUT2D eigenvalue weighted by Crippen LogP contribution is -2.39. The number of hydrogen-bond donors (Lipinski definition) is 1. The second kappa shape index (κ2) is 6.86. The molecule has 4 nitrogen and oxygen atoms in total. The van der Waals surface area contributed by atoms with E-state index >= 15 is 0 Å². The van der Waals surface area contributed by atoms with Crippen molar-refractivity contribution in [3.8, 4) is 0 Å². The van der Waals surface area contributed by atoms with Gasteiger partial charge in [-0.2, -0.15) is 0 Å². The monoisotopic (exact) mass is 228 g/mol. The van der Waals surface area contributed by atoms with Gasteiger partial charge in [-0.05, 0) is 39.2 Å². The summed E-state index contributed by atoms with van der Waals surface area (Å²) in [5.41, 5.74) is 0. The Hall–Kier alpha value is -0.610. The van der Waals surface area contributed by atoms with Crippen LogP contribution in [0.4, 0.5) is 0 Å². The second-order valence-electron chi connectivity index (χ2n) is 4.79. The molecule has 1 amide bonds. The van der Waals surface area contributed by atoms with Gasteiger partial charge in [-0.3, -0.25) is 4.79 Å². The summed E-state index contributed by atoms with van der Waals surface area (Å²) >= 11 is 0. The number of rotatable bonds is 6. The largest absolute Gasteiger partial charge is 0.381 e. The van der Waals surface area contributed by atoms with Crippen molar-refractivity contribution in [3.63, 3.8) is 0 Å². The van der Waals surface area contributed by atoms with Gasteiger partial charge in [0.05, 0.1) is 6.54 Å². The van der Waals surface area contributed by atoms with E-state index in [2.05, 4.69) is 5.32 Å². The fourth-order valence-corrected chi connectivity index (χ4v) is 1.73. The van der Waals surface area contributed by atoms with Crippen LogP contribution in [0, 0.1) is 5.92 Å². The summed E-state index contributed by atoms with van der Waals surface area (Å²) in [6.45, 7) is 7.19. The van der Waals surface area contributed by atoms with E-state index in [4.69, 9.17) is 4.74 Å². The molecule has 0 saturated carbocycles. The minimum Gasteiger partial charge on any atom is -0.381 e. The maximum Gasteiger partial charge on any atom is 0.236 e. The van der Waals surface area contributed by atoms with E-state index in [1.165, 1.54) is 6.42 Å². The molecule has 1 rings (SSSR count). The van der Waals surface area contributed by atoms with Crippen LogP contribution in [0.15, 0.2) is 0 Å². The first-order valence-electron chi connectivity index (χ1n) is 6.15. The Bertz CT molecular complexity index is 213. The molecule has 1 aliphatic rings. The van der Waals surface area contributed by atoms with Crippen molar-refractivity contribution in [3.05, 3.63) is 0 Å². The molecule has 1 heterocycles. The van der Waals surface area contributed by atoms with Crippen LogP contribution < -0.4 is 5.32 Å². The van der Waals surface area contributed by atoms with Gasteiger partial charge < -0.3 is 15.0 Å². The van der Waals surface area contributed by atoms with Gasteiger partial charge in [-0.25, -0.2) is 0 Å². The van der Waals surface area contributed by atoms with Gasteiger partial charge >= 0.3 is 0 Å². The summed E-state index contributed by atoms with van der Waals surface area (Å²) < 4.78 is 5.30. The number of nitrogens with one attached hydrogen (secondary N) is 1. The van der Waals surface area contributed by atoms with Gasteiger partial charge in [0, 0.05) is 26.3 Å². The molecule has 16 heavy (non-hydrogen) atoms. The van der Waals surface area contributed by atoms with Crippen molar-refractivity contribution in [2.24, 2.45) is 5.92 Å². The number of hydrogen-bond acceptors (Lipinski definition) is 3. The van der Waals surface area contributed by atoms with Crippen LogP contribution in [0.25, 0.3) is 0 Å². The Balaban J connectivity index is 2.03. The SMILES string of the molecule is CC(C)N(C)C(=O)CNCCC1CCOC1. The van der Waals surface area contributed by atoms with Gasteiger partial charge in [-0.15, -0.1) is 0 Å². The molecule has 1 unspecified atom stereocenters. The average molecular weight is 228 g/mol. The molecule has 0 aromatic carbocycles. The highest BCUT2D eigenvalue weighted by molar-refractivity contribution is 5.78. The molecule has 0 aliphatic carbocycles. The van der Waals surface area contributed by atoms with E-state index in [0.29, 0.717) is 12.5 Å². The lowest BCUT2D eigenvalue weighted by atomic mass is 10.1. The highest BCUT2D eigenvalue weighted by Gasteiger charge is 2.15. The second-order valence-corrected chi connectivity index (χ2v) is 4.79. The molecule has 0 bridgehead atoms. The fourth-order valence-electron chi connectivity index (χ4n) is 1.73. The molecule has 1 atom stereocenters. The average Bonchev–Trinajstić information content (AvgIpc) is 2.75. The Labute approximate surface area is 98.3 Å². The molecular formula is C12H24N2O2. The predicted octanol–water partition coefficient (Wildman–Crippen LogP) is 0.869. The normalized spacial score (nSPS) is 20.4. The third-order valence-electron chi connectivity index (χ3n) is 3.20. The number of nitrogens with zero attached hydrogens (tertiary/aromatic N) is 1. The van der Waals surface area contributed by atoms with Crippen LogP contribution in [0.2, 0.25) is 0 Å². The number of ether oxygens (including phenoxy) is 1. The van der Waals surface area contributed by atoms with Crippen molar-refractivity contribution in [2.45, 2.75) is 32.7 Å². The van der Waals surface area contributed by atoms with E-state index in [1.807, 2.05) is 20.9 Å². The smallest absolute Gasteiger partial charge is 0.236 e. The molecule has 1 fully saturated rings. The number of likely N-dealkylation sites (N-methyl/N-ethyl adjacent to an activating group) is 1. The van der Waals surface area contributed by atoms with Crippen molar-refractivity contribution >= 4 is 5.91 Å². The van der Waals surface area contributed by atoms with Crippen molar-refractivity contribution < 1.29 is 9.53 Å². The molecule has 1 saturated heterocycles. The Morgan fingerprint density at radius 3 is 2.88 bits per heavy atom. The van der Waals surface area contributed by atoms with Crippen molar-refractivity contribution in [2.75, 3.05) is 33.4 Å². The summed E-state index contributed by atoms with van der Waals surface area (Å²) in [4.78, 5) is 13.4. The van der Waals surface area contributed by atoms with Gasteiger partial charge in [0.25, 0.3) is 0 Å². The molecule has 0 aromatic rings. The number of carbonyl (C=O) groups is 1. The first kappa shape index (κ1) is 13.5. The van der Waals surface area contributed by atoms with Crippen LogP contribution in [0.1, 0.15) is 26.7 Å². The molecule has 1 N–H and O–H groups in total. The van der Waals surface area contributed by atoms with Crippen LogP contribution in [-0.2, 0) is 9.53 Å².